The number of carbonyl (C=O) groups is 2. The molecule has 0 saturated heterocycles. The molecule has 0 spiro atoms. The number of amides is 2. The minimum absolute atomic E-state index is 0.162. The van der Waals surface area contributed by atoms with Gasteiger partial charge in [0.1, 0.15) is 11.9 Å². The molecule has 0 saturated carbocycles. The van der Waals surface area contributed by atoms with Crippen molar-refractivity contribution in [1.29, 1.82) is 0 Å². The molecule has 9 heteroatoms. The lowest BCUT2D eigenvalue weighted by atomic mass is 10.1. The highest BCUT2D eigenvalue weighted by Gasteiger charge is 2.32. The van der Waals surface area contributed by atoms with Gasteiger partial charge >= 0.3 is 6.18 Å². The Bertz CT molecular complexity index is 1130. The largest absolute Gasteiger partial charge is 0.416 e. The summed E-state index contributed by atoms with van der Waals surface area (Å²) in [5.74, 6) is -0.549. The highest BCUT2D eigenvalue weighted by Crippen LogP contribution is 2.29. The Morgan fingerprint density at radius 3 is 2.39 bits per heavy atom. The molecule has 0 aliphatic carbocycles. The minimum atomic E-state index is -4.57. The summed E-state index contributed by atoms with van der Waals surface area (Å²) in [5.41, 5.74) is 0.456. The number of benzene rings is 2. The van der Waals surface area contributed by atoms with Crippen molar-refractivity contribution in [2.45, 2.75) is 39.4 Å². The van der Waals surface area contributed by atoms with E-state index in [1.807, 2.05) is 37.3 Å². The third-order valence-electron chi connectivity index (χ3n) is 5.22. The van der Waals surface area contributed by atoms with Crippen molar-refractivity contribution < 1.29 is 22.8 Å². The van der Waals surface area contributed by atoms with E-state index in [0.717, 1.165) is 23.4 Å². The van der Waals surface area contributed by atoms with E-state index in [4.69, 9.17) is 0 Å². The molecule has 1 aromatic heterocycles. The smallest absolute Gasteiger partial charge is 0.340 e. The van der Waals surface area contributed by atoms with E-state index in [1.54, 1.807) is 24.7 Å². The van der Waals surface area contributed by atoms with Gasteiger partial charge in [0.05, 0.1) is 17.4 Å². The molecule has 6 nitrogen and oxygen atoms in total. The summed E-state index contributed by atoms with van der Waals surface area (Å²) < 4.78 is 40.7. The SMILES string of the molecule is CCC(NC(=O)c1cccc(C(F)(F)F)c1)C(=O)N(CC)c1c(C)cnn1-c1ccccc1. The van der Waals surface area contributed by atoms with Crippen molar-refractivity contribution in [3.05, 3.63) is 77.5 Å². The van der Waals surface area contributed by atoms with Crippen molar-refractivity contribution in [2.24, 2.45) is 0 Å². The van der Waals surface area contributed by atoms with Crippen LogP contribution < -0.4 is 10.2 Å². The Labute approximate surface area is 190 Å². The molecule has 2 amide bonds. The molecule has 0 fully saturated rings. The first-order valence-corrected chi connectivity index (χ1v) is 10.6. The maximum atomic E-state index is 13.4. The molecular formula is C24H25F3N4O2. The molecule has 3 aromatic rings. The van der Waals surface area contributed by atoms with Gasteiger partial charge in [0.15, 0.2) is 0 Å². The third kappa shape index (κ3) is 5.24. The number of carbonyl (C=O) groups excluding carboxylic acids is 2. The normalized spacial score (nSPS) is 12.3. The van der Waals surface area contributed by atoms with Crippen LogP contribution in [0.4, 0.5) is 19.0 Å². The number of rotatable bonds is 7. The maximum Gasteiger partial charge on any atom is 0.416 e. The number of hydrogen-bond acceptors (Lipinski definition) is 3. The number of alkyl halides is 3. The van der Waals surface area contributed by atoms with E-state index < -0.39 is 23.7 Å². The Kier molecular flexibility index (Phi) is 7.20. The second kappa shape index (κ2) is 9.89. The lowest BCUT2D eigenvalue weighted by Crippen LogP contribution is -2.49. The van der Waals surface area contributed by atoms with Crippen LogP contribution in [-0.4, -0.2) is 34.2 Å². The predicted octanol–water partition coefficient (Wildman–Crippen LogP) is 4.76. The molecule has 2 aromatic carbocycles. The molecule has 0 aliphatic rings. The maximum absolute atomic E-state index is 13.4. The van der Waals surface area contributed by atoms with Gasteiger partial charge in [-0.25, -0.2) is 4.68 Å². The molecule has 1 unspecified atom stereocenters. The predicted molar refractivity (Wildman–Crippen MR) is 119 cm³/mol. The highest BCUT2D eigenvalue weighted by atomic mass is 19.4. The van der Waals surface area contributed by atoms with Crippen molar-refractivity contribution >= 4 is 17.6 Å². The zero-order valence-corrected chi connectivity index (χ0v) is 18.6. The van der Waals surface area contributed by atoms with E-state index >= 15 is 0 Å². The second-order valence-corrected chi connectivity index (χ2v) is 7.49. The van der Waals surface area contributed by atoms with Gasteiger partial charge in [0.2, 0.25) is 0 Å². The van der Waals surface area contributed by atoms with Crippen molar-refractivity contribution in [1.82, 2.24) is 15.1 Å². The average molecular weight is 458 g/mol. The fourth-order valence-corrected chi connectivity index (χ4v) is 3.52. The standard InChI is InChI=1S/C24H25F3N4O2/c1-4-20(29-21(32)17-10-9-11-18(14-17)24(25,26)27)23(33)30(5-2)22-16(3)15-28-31(22)19-12-7-6-8-13-19/h6-15,20H,4-5H2,1-3H3,(H,29,32). The Morgan fingerprint density at radius 2 is 1.79 bits per heavy atom. The van der Waals surface area contributed by atoms with E-state index in [9.17, 15) is 22.8 Å². The highest BCUT2D eigenvalue weighted by molar-refractivity contribution is 6.02. The van der Waals surface area contributed by atoms with E-state index in [2.05, 4.69) is 10.4 Å². The zero-order chi connectivity index (χ0) is 24.2. The van der Waals surface area contributed by atoms with Crippen LogP contribution in [0.25, 0.3) is 5.69 Å². The summed E-state index contributed by atoms with van der Waals surface area (Å²) in [4.78, 5) is 27.6. The molecule has 1 N–H and O–H groups in total. The first-order valence-electron chi connectivity index (χ1n) is 10.6. The minimum Gasteiger partial charge on any atom is -0.340 e. The number of para-hydroxylation sites is 1. The van der Waals surface area contributed by atoms with Crippen LogP contribution >= 0.6 is 0 Å². The number of hydrogen-bond donors (Lipinski definition) is 1. The number of anilines is 1. The molecule has 33 heavy (non-hydrogen) atoms. The van der Waals surface area contributed by atoms with Gasteiger partial charge in [0.25, 0.3) is 11.8 Å². The Morgan fingerprint density at radius 1 is 1.09 bits per heavy atom. The van der Waals surface area contributed by atoms with Crippen molar-refractivity contribution in [3.63, 3.8) is 0 Å². The number of nitrogens with one attached hydrogen (secondary N) is 1. The van der Waals surface area contributed by atoms with Crippen molar-refractivity contribution in [2.75, 3.05) is 11.4 Å². The van der Waals surface area contributed by atoms with Crippen LogP contribution in [0.3, 0.4) is 0 Å². The van der Waals surface area contributed by atoms with E-state index in [-0.39, 0.29) is 17.9 Å². The fourth-order valence-electron chi connectivity index (χ4n) is 3.52. The lowest BCUT2D eigenvalue weighted by molar-refractivity contribution is -0.137. The van der Waals surface area contributed by atoms with Crippen LogP contribution in [0.2, 0.25) is 0 Å². The molecule has 0 bridgehead atoms. The summed E-state index contributed by atoms with van der Waals surface area (Å²) in [6, 6.07) is 12.5. The lowest BCUT2D eigenvalue weighted by Gasteiger charge is -2.27. The monoisotopic (exact) mass is 458 g/mol. The number of halogens is 3. The molecule has 174 valence electrons. The topological polar surface area (TPSA) is 67.2 Å². The first-order chi connectivity index (χ1) is 15.7. The number of likely N-dealkylation sites (N-methyl/N-ethyl adjacent to an activating group) is 1. The van der Waals surface area contributed by atoms with Gasteiger partial charge in [-0.3, -0.25) is 14.5 Å². The van der Waals surface area contributed by atoms with E-state index in [1.165, 1.54) is 17.0 Å². The third-order valence-corrected chi connectivity index (χ3v) is 5.22. The zero-order valence-electron chi connectivity index (χ0n) is 18.6. The second-order valence-electron chi connectivity index (χ2n) is 7.49. The quantitative estimate of drug-likeness (QED) is 0.555. The van der Waals surface area contributed by atoms with Gasteiger partial charge in [-0.1, -0.05) is 31.2 Å². The number of nitrogens with zero attached hydrogens (tertiary/aromatic N) is 3. The van der Waals surface area contributed by atoms with Crippen LogP contribution in [0.5, 0.6) is 0 Å². The summed E-state index contributed by atoms with van der Waals surface area (Å²) in [7, 11) is 0. The first kappa shape index (κ1) is 24.0. The molecular weight excluding hydrogens is 433 g/mol. The fraction of sp³-hybridized carbons (Fsp3) is 0.292. The van der Waals surface area contributed by atoms with Gasteiger partial charge in [-0.2, -0.15) is 18.3 Å². The van der Waals surface area contributed by atoms with Gasteiger partial charge in [-0.05, 0) is 50.6 Å². The van der Waals surface area contributed by atoms with Gasteiger partial charge in [-0.15, -0.1) is 0 Å². The van der Waals surface area contributed by atoms with Crippen LogP contribution in [0.1, 0.15) is 41.8 Å². The molecule has 0 radical (unpaired) electrons. The van der Waals surface area contributed by atoms with E-state index in [0.29, 0.717) is 12.4 Å². The van der Waals surface area contributed by atoms with Gasteiger partial charge < -0.3 is 5.32 Å². The summed E-state index contributed by atoms with van der Waals surface area (Å²) in [5, 5.41) is 6.98. The number of aromatic nitrogens is 2. The molecule has 0 aliphatic heterocycles. The van der Waals surface area contributed by atoms with Crippen LogP contribution in [0.15, 0.2) is 60.8 Å². The van der Waals surface area contributed by atoms with Crippen LogP contribution in [0, 0.1) is 6.92 Å². The van der Waals surface area contributed by atoms with Crippen molar-refractivity contribution in [3.8, 4) is 5.69 Å². The summed E-state index contributed by atoms with van der Waals surface area (Å²) >= 11 is 0. The number of aryl methyl sites for hydroxylation is 1. The van der Waals surface area contributed by atoms with Gasteiger partial charge in [0, 0.05) is 17.7 Å². The Balaban J connectivity index is 1.87. The van der Waals surface area contributed by atoms with Crippen LogP contribution in [-0.2, 0) is 11.0 Å². The molecule has 1 atom stereocenters. The summed E-state index contributed by atoms with van der Waals surface area (Å²) in [6.45, 7) is 5.68. The summed E-state index contributed by atoms with van der Waals surface area (Å²) in [6.07, 6.45) is -2.65. The molecule has 3 rings (SSSR count). The average Bonchev–Trinajstić information content (AvgIpc) is 3.19. The Hall–Kier alpha value is -3.62. The molecule has 1 heterocycles.